The first-order valence-corrected chi connectivity index (χ1v) is 6.67. The molecule has 3 heteroatoms. The summed E-state index contributed by atoms with van der Waals surface area (Å²) in [6.07, 6.45) is 0. The van der Waals surface area contributed by atoms with Crippen LogP contribution in [0.1, 0.15) is 18.7 Å². The third kappa shape index (κ3) is 2.43. The van der Waals surface area contributed by atoms with Gasteiger partial charge in [-0.3, -0.25) is 4.79 Å². The van der Waals surface area contributed by atoms with E-state index in [1.807, 2.05) is 67.6 Å². The molecule has 1 atom stereocenters. The molecule has 20 heavy (non-hydrogen) atoms. The normalized spacial score (nSPS) is 12.2. The first-order chi connectivity index (χ1) is 9.74. The minimum atomic E-state index is -0.0418. The Labute approximate surface area is 117 Å². The average molecular weight is 264 g/mol. The topological polar surface area (TPSA) is 44.9 Å². The highest BCUT2D eigenvalue weighted by molar-refractivity contribution is 5.81. The second-order valence-corrected chi connectivity index (χ2v) is 4.87. The van der Waals surface area contributed by atoms with E-state index in [4.69, 9.17) is 0 Å². The van der Waals surface area contributed by atoms with Gasteiger partial charge in [-0.15, -0.1) is 0 Å². The molecule has 0 aliphatic heterocycles. The number of aromatic nitrogens is 1. The quantitative estimate of drug-likeness (QED) is 0.757. The van der Waals surface area contributed by atoms with Gasteiger partial charge in [0, 0.05) is 16.8 Å². The van der Waals surface area contributed by atoms with E-state index < -0.39 is 0 Å². The van der Waals surface area contributed by atoms with Crippen molar-refractivity contribution >= 4 is 16.5 Å². The highest BCUT2D eigenvalue weighted by Gasteiger charge is 2.08. The molecular formula is C17H16N2O. The van der Waals surface area contributed by atoms with E-state index in [1.165, 1.54) is 0 Å². The summed E-state index contributed by atoms with van der Waals surface area (Å²) in [6, 6.07) is 19.7. The number of nitrogens with one attached hydrogen (secondary N) is 2. The number of hydrogen-bond acceptors (Lipinski definition) is 2. The summed E-state index contributed by atoms with van der Waals surface area (Å²) in [5, 5.41) is 5.07. The molecule has 0 aliphatic rings. The van der Waals surface area contributed by atoms with Crippen LogP contribution in [-0.2, 0) is 0 Å². The number of hydrogen-bond donors (Lipinski definition) is 2. The smallest absolute Gasteiger partial charge is 0.256 e. The van der Waals surface area contributed by atoms with Gasteiger partial charge in [0.2, 0.25) is 0 Å². The van der Waals surface area contributed by atoms with Gasteiger partial charge in [-0.1, -0.05) is 36.4 Å². The van der Waals surface area contributed by atoms with Crippen LogP contribution >= 0.6 is 0 Å². The van der Waals surface area contributed by atoms with Gasteiger partial charge < -0.3 is 10.3 Å². The predicted octanol–water partition coefficient (Wildman–Crippen LogP) is 3.70. The molecular weight excluding hydrogens is 248 g/mol. The zero-order valence-electron chi connectivity index (χ0n) is 11.3. The molecule has 3 aromatic rings. The molecule has 2 aromatic carbocycles. The molecule has 2 N–H and O–H groups in total. The Morgan fingerprint density at radius 3 is 2.50 bits per heavy atom. The minimum Gasteiger partial charge on any atom is -0.377 e. The molecule has 3 rings (SSSR count). The van der Waals surface area contributed by atoms with E-state index >= 15 is 0 Å². The zero-order chi connectivity index (χ0) is 13.9. The average Bonchev–Trinajstić information content (AvgIpc) is 2.48. The van der Waals surface area contributed by atoms with Gasteiger partial charge in [-0.05, 0) is 36.6 Å². The van der Waals surface area contributed by atoms with E-state index in [9.17, 15) is 4.79 Å². The van der Waals surface area contributed by atoms with E-state index in [2.05, 4.69) is 10.3 Å². The molecule has 100 valence electrons. The van der Waals surface area contributed by atoms with Gasteiger partial charge >= 0.3 is 0 Å². The van der Waals surface area contributed by atoms with Crippen molar-refractivity contribution in [1.82, 2.24) is 4.98 Å². The molecule has 0 aliphatic carbocycles. The Morgan fingerprint density at radius 1 is 1.00 bits per heavy atom. The highest BCUT2D eigenvalue weighted by atomic mass is 16.1. The SMILES string of the molecule is CC(Nc1ccccc1)c1cc2ccccc2c(=O)[nH]1. The lowest BCUT2D eigenvalue weighted by molar-refractivity contribution is 0.836. The van der Waals surface area contributed by atoms with Crippen LogP contribution in [0.2, 0.25) is 0 Å². The van der Waals surface area contributed by atoms with Crippen LogP contribution in [0.4, 0.5) is 5.69 Å². The second kappa shape index (κ2) is 5.21. The van der Waals surface area contributed by atoms with Gasteiger partial charge in [0.1, 0.15) is 0 Å². The van der Waals surface area contributed by atoms with Crippen molar-refractivity contribution in [3.05, 3.63) is 76.7 Å². The third-order valence-corrected chi connectivity index (χ3v) is 3.40. The van der Waals surface area contributed by atoms with Crippen LogP contribution in [0.15, 0.2) is 65.5 Å². The fraction of sp³-hybridized carbons (Fsp3) is 0.118. The summed E-state index contributed by atoms with van der Waals surface area (Å²) in [6.45, 7) is 2.03. The predicted molar refractivity (Wildman–Crippen MR) is 83.0 cm³/mol. The molecule has 0 saturated heterocycles. The van der Waals surface area contributed by atoms with Crippen molar-refractivity contribution in [2.45, 2.75) is 13.0 Å². The lowest BCUT2D eigenvalue weighted by atomic mass is 10.1. The van der Waals surface area contributed by atoms with Crippen LogP contribution in [0.25, 0.3) is 10.8 Å². The maximum atomic E-state index is 12.1. The van der Waals surface area contributed by atoms with Gasteiger partial charge in [-0.2, -0.15) is 0 Å². The zero-order valence-corrected chi connectivity index (χ0v) is 11.3. The first-order valence-electron chi connectivity index (χ1n) is 6.67. The number of rotatable bonds is 3. The molecule has 0 spiro atoms. The standard InChI is InChI=1S/C17H16N2O/c1-12(18-14-8-3-2-4-9-14)16-11-13-7-5-6-10-15(13)17(20)19-16/h2-12,18H,1H3,(H,19,20). The molecule has 3 nitrogen and oxygen atoms in total. The van der Waals surface area contributed by atoms with Crippen LogP contribution in [-0.4, -0.2) is 4.98 Å². The van der Waals surface area contributed by atoms with Gasteiger partial charge in [-0.25, -0.2) is 0 Å². The maximum Gasteiger partial charge on any atom is 0.256 e. The third-order valence-electron chi connectivity index (χ3n) is 3.40. The minimum absolute atomic E-state index is 0.0368. The van der Waals surface area contributed by atoms with Crippen molar-refractivity contribution in [3.8, 4) is 0 Å². The molecule has 0 saturated carbocycles. The lowest BCUT2D eigenvalue weighted by Gasteiger charge is -2.15. The van der Waals surface area contributed by atoms with Crippen LogP contribution < -0.4 is 10.9 Å². The number of pyridine rings is 1. The lowest BCUT2D eigenvalue weighted by Crippen LogP contribution is -2.15. The Morgan fingerprint density at radius 2 is 1.70 bits per heavy atom. The number of benzene rings is 2. The molecule has 1 aromatic heterocycles. The van der Waals surface area contributed by atoms with Crippen LogP contribution in [0, 0.1) is 0 Å². The van der Waals surface area contributed by atoms with E-state index in [0.717, 1.165) is 22.2 Å². The maximum absolute atomic E-state index is 12.1. The number of anilines is 1. The monoisotopic (exact) mass is 264 g/mol. The Hall–Kier alpha value is -2.55. The van der Waals surface area contributed by atoms with Crippen molar-refractivity contribution in [1.29, 1.82) is 0 Å². The number of aromatic amines is 1. The second-order valence-electron chi connectivity index (χ2n) is 4.87. The van der Waals surface area contributed by atoms with Gasteiger partial charge in [0.05, 0.1) is 6.04 Å². The molecule has 1 heterocycles. The van der Waals surface area contributed by atoms with Crippen LogP contribution in [0.3, 0.4) is 0 Å². The summed E-state index contributed by atoms with van der Waals surface area (Å²) < 4.78 is 0. The van der Waals surface area contributed by atoms with E-state index in [-0.39, 0.29) is 11.6 Å². The summed E-state index contributed by atoms with van der Waals surface area (Å²) in [7, 11) is 0. The van der Waals surface area contributed by atoms with E-state index in [1.54, 1.807) is 0 Å². The largest absolute Gasteiger partial charge is 0.377 e. The molecule has 0 radical (unpaired) electrons. The fourth-order valence-corrected chi connectivity index (χ4v) is 2.33. The Balaban J connectivity index is 1.96. The molecule has 0 fully saturated rings. The van der Waals surface area contributed by atoms with Crippen molar-refractivity contribution in [3.63, 3.8) is 0 Å². The highest BCUT2D eigenvalue weighted by Crippen LogP contribution is 2.19. The van der Waals surface area contributed by atoms with Crippen molar-refractivity contribution in [2.75, 3.05) is 5.32 Å². The number of H-pyrrole nitrogens is 1. The van der Waals surface area contributed by atoms with Gasteiger partial charge in [0.25, 0.3) is 5.56 Å². The summed E-state index contributed by atoms with van der Waals surface area (Å²) in [4.78, 5) is 15.0. The van der Waals surface area contributed by atoms with Crippen molar-refractivity contribution < 1.29 is 0 Å². The van der Waals surface area contributed by atoms with Crippen LogP contribution in [0.5, 0.6) is 0 Å². The molecule has 0 bridgehead atoms. The van der Waals surface area contributed by atoms with Gasteiger partial charge in [0.15, 0.2) is 0 Å². The summed E-state index contributed by atoms with van der Waals surface area (Å²) in [5.74, 6) is 0. The Bertz CT molecular complexity index is 778. The number of para-hydroxylation sites is 1. The molecule has 1 unspecified atom stereocenters. The fourth-order valence-electron chi connectivity index (χ4n) is 2.33. The first kappa shape index (κ1) is 12.5. The van der Waals surface area contributed by atoms with Crippen molar-refractivity contribution in [2.24, 2.45) is 0 Å². The number of fused-ring (bicyclic) bond motifs is 1. The Kier molecular flexibility index (Phi) is 3.25. The summed E-state index contributed by atoms with van der Waals surface area (Å²) >= 11 is 0. The molecule has 0 amide bonds. The summed E-state index contributed by atoms with van der Waals surface area (Å²) in [5.41, 5.74) is 1.88. The van der Waals surface area contributed by atoms with E-state index in [0.29, 0.717) is 0 Å².